The molecule has 1 unspecified atom stereocenters. The Morgan fingerprint density at radius 1 is 1.89 bits per heavy atom. The minimum Gasteiger partial charge on any atom is -0.378 e. The van der Waals surface area contributed by atoms with Gasteiger partial charge in [0.25, 0.3) is 0 Å². The molecule has 0 saturated heterocycles. The number of hydrogen-bond acceptors (Lipinski definition) is 4. The van der Waals surface area contributed by atoms with Gasteiger partial charge in [0, 0.05) is 5.75 Å². The Balaban J connectivity index is 3.17. The maximum absolute atomic E-state index is 10.5. The van der Waals surface area contributed by atoms with Crippen LogP contribution in [0.25, 0.3) is 0 Å². The van der Waals surface area contributed by atoms with Gasteiger partial charge in [-0.1, -0.05) is 27.7 Å². The minimum atomic E-state index is -0.891. The summed E-state index contributed by atoms with van der Waals surface area (Å²) in [5.41, 5.74) is 4.96. The predicted octanol–water partition coefficient (Wildman–Crippen LogP) is -0.0818. The highest BCUT2D eigenvalue weighted by Gasteiger charge is 2.01. The van der Waals surface area contributed by atoms with Gasteiger partial charge in [-0.15, -0.1) is 0 Å². The number of hydrogen-bond donors (Lipinski definition) is 2. The quantitative estimate of drug-likeness (QED) is 0.509. The predicted molar refractivity (Wildman–Crippen MR) is 41.5 cm³/mol. The van der Waals surface area contributed by atoms with E-state index in [-0.39, 0.29) is 10.9 Å². The molecule has 0 bridgehead atoms. The van der Waals surface area contributed by atoms with E-state index in [4.69, 9.17) is 10.8 Å². The molecular weight excluding hydrogens is 206 g/mol. The van der Waals surface area contributed by atoms with Crippen molar-refractivity contribution >= 4 is 32.8 Å². The van der Waals surface area contributed by atoms with E-state index in [1.807, 2.05) is 0 Å². The summed E-state index contributed by atoms with van der Waals surface area (Å²) in [6.07, 6.45) is -0.891. The molecule has 0 aromatic rings. The lowest BCUT2D eigenvalue weighted by Crippen LogP contribution is -2.22. The van der Waals surface area contributed by atoms with Crippen LogP contribution in [-0.2, 0) is 4.79 Å². The van der Waals surface area contributed by atoms with Crippen molar-refractivity contribution in [2.24, 2.45) is 5.73 Å². The molecule has 0 fully saturated rings. The number of nitrogens with two attached hydrogens (primary N) is 1. The molecule has 3 nitrogen and oxygen atoms in total. The molecule has 0 spiro atoms. The first-order valence-corrected chi connectivity index (χ1v) is 4.42. The molecule has 5 heteroatoms. The number of aliphatic hydroxyl groups is 1. The molecule has 0 radical (unpaired) electrons. The smallest absolute Gasteiger partial charge is 0.199 e. The van der Waals surface area contributed by atoms with E-state index in [0.29, 0.717) is 5.33 Å². The van der Waals surface area contributed by atoms with Crippen LogP contribution in [0, 0.1) is 0 Å². The van der Waals surface area contributed by atoms with Crippen LogP contribution >= 0.6 is 27.7 Å². The van der Waals surface area contributed by atoms with Crippen LogP contribution in [0.15, 0.2) is 0 Å². The standard InChI is InChI=1S/C4H8BrNO2S/c5-1-4(8)9-2-3(6)7/h3,7H,1-2,6H2. The van der Waals surface area contributed by atoms with Gasteiger partial charge in [0.1, 0.15) is 6.23 Å². The Morgan fingerprint density at radius 2 is 2.44 bits per heavy atom. The number of rotatable bonds is 3. The average Bonchev–Trinajstić information content (AvgIpc) is 1.83. The number of carbonyl (C=O) groups is 1. The summed E-state index contributed by atoms with van der Waals surface area (Å²) in [6.45, 7) is 0. The molecule has 3 N–H and O–H groups in total. The van der Waals surface area contributed by atoms with E-state index in [9.17, 15) is 4.79 Å². The van der Waals surface area contributed by atoms with Gasteiger partial charge in [-0.2, -0.15) is 0 Å². The monoisotopic (exact) mass is 213 g/mol. The van der Waals surface area contributed by atoms with E-state index in [1.54, 1.807) is 0 Å². The van der Waals surface area contributed by atoms with Gasteiger partial charge in [0.05, 0.1) is 5.33 Å². The molecule has 0 aliphatic heterocycles. The van der Waals surface area contributed by atoms with E-state index in [0.717, 1.165) is 11.8 Å². The summed E-state index contributed by atoms with van der Waals surface area (Å²) in [5.74, 6) is 0.268. The lowest BCUT2D eigenvalue weighted by atomic mass is 10.7. The maximum Gasteiger partial charge on any atom is 0.199 e. The largest absolute Gasteiger partial charge is 0.378 e. The van der Waals surface area contributed by atoms with Crippen LogP contribution in [0.1, 0.15) is 0 Å². The van der Waals surface area contributed by atoms with E-state index >= 15 is 0 Å². The van der Waals surface area contributed by atoms with Crippen LogP contribution < -0.4 is 5.73 Å². The molecular formula is C4H8BrNO2S. The zero-order valence-corrected chi connectivity index (χ0v) is 7.11. The Bertz CT molecular complexity index is 98.6. The molecule has 0 aliphatic rings. The SMILES string of the molecule is NC(O)CSC(=O)CBr. The fourth-order valence-corrected chi connectivity index (χ4v) is 1.14. The van der Waals surface area contributed by atoms with E-state index in [1.165, 1.54) is 0 Å². The summed E-state index contributed by atoms with van der Waals surface area (Å²) in [5, 5.41) is 8.78. The number of aliphatic hydroxyl groups excluding tert-OH is 1. The molecule has 0 heterocycles. The Hall–Kier alpha value is 0.420. The highest BCUT2D eigenvalue weighted by Crippen LogP contribution is 2.03. The molecule has 0 amide bonds. The zero-order chi connectivity index (χ0) is 7.28. The zero-order valence-electron chi connectivity index (χ0n) is 4.71. The molecule has 0 saturated carbocycles. The van der Waals surface area contributed by atoms with E-state index < -0.39 is 6.23 Å². The lowest BCUT2D eigenvalue weighted by Gasteiger charge is -1.99. The van der Waals surface area contributed by atoms with Crippen molar-refractivity contribution in [3.8, 4) is 0 Å². The van der Waals surface area contributed by atoms with Gasteiger partial charge < -0.3 is 10.8 Å². The van der Waals surface area contributed by atoms with Crippen LogP contribution in [0.2, 0.25) is 0 Å². The molecule has 9 heavy (non-hydrogen) atoms. The third kappa shape index (κ3) is 6.30. The van der Waals surface area contributed by atoms with Crippen LogP contribution in [0.3, 0.4) is 0 Å². The highest BCUT2D eigenvalue weighted by atomic mass is 79.9. The first-order valence-electron chi connectivity index (χ1n) is 2.32. The first-order chi connectivity index (χ1) is 4.16. The molecule has 1 atom stereocenters. The molecule has 0 aromatic carbocycles. The summed E-state index contributed by atoms with van der Waals surface area (Å²) in [6, 6.07) is 0. The second-order valence-corrected chi connectivity index (χ2v) is 3.02. The van der Waals surface area contributed by atoms with Gasteiger partial charge in [-0.25, -0.2) is 0 Å². The van der Waals surface area contributed by atoms with Crippen molar-refractivity contribution in [1.29, 1.82) is 0 Å². The number of alkyl halides is 1. The summed E-state index contributed by atoms with van der Waals surface area (Å²) < 4.78 is 0. The van der Waals surface area contributed by atoms with Crippen molar-refractivity contribution < 1.29 is 9.90 Å². The third-order valence-corrected chi connectivity index (χ3v) is 2.38. The van der Waals surface area contributed by atoms with Crippen molar-refractivity contribution in [2.75, 3.05) is 11.1 Å². The van der Waals surface area contributed by atoms with E-state index in [2.05, 4.69) is 15.9 Å². The average molecular weight is 214 g/mol. The maximum atomic E-state index is 10.5. The van der Waals surface area contributed by atoms with Crippen LogP contribution in [0.4, 0.5) is 0 Å². The number of thioether (sulfide) groups is 1. The normalized spacial score (nSPS) is 13.2. The fourth-order valence-electron chi connectivity index (χ4n) is 0.217. The van der Waals surface area contributed by atoms with Crippen molar-refractivity contribution in [1.82, 2.24) is 0 Å². The minimum absolute atomic E-state index is 0.0144. The van der Waals surface area contributed by atoms with Gasteiger partial charge in [0.2, 0.25) is 0 Å². The fraction of sp³-hybridized carbons (Fsp3) is 0.750. The number of carbonyl (C=O) groups excluding carboxylic acids is 1. The highest BCUT2D eigenvalue weighted by molar-refractivity contribution is 9.09. The summed E-state index contributed by atoms with van der Waals surface area (Å²) in [4.78, 5) is 10.5. The van der Waals surface area contributed by atoms with Crippen LogP contribution in [-0.4, -0.2) is 27.5 Å². The van der Waals surface area contributed by atoms with Crippen molar-refractivity contribution in [3.63, 3.8) is 0 Å². The Morgan fingerprint density at radius 3 is 2.78 bits per heavy atom. The topological polar surface area (TPSA) is 63.3 Å². The second-order valence-electron chi connectivity index (χ2n) is 1.38. The Kier molecular flexibility index (Phi) is 5.47. The van der Waals surface area contributed by atoms with Gasteiger partial charge >= 0.3 is 0 Å². The van der Waals surface area contributed by atoms with Gasteiger partial charge in [-0.05, 0) is 0 Å². The van der Waals surface area contributed by atoms with Crippen molar-refractivity contribution in [2.45, 2.75) is 6.23 Å². The molecule has 0 aromatic heterocycles. The number of halogens is 1. The molecule has 0 aliphatic carbocycles. The first kappa shape index (κ1) is 9.42. The lowest BCUT2D eigenvalue weighted by molar-refractivity contribution is -0.108. The summed E-state index contributed by atoms with van der Waals surface area (Å²) in [7, 11) is 0. The van der Waals surface area contributed by atoms with Gasteiger partial charge in [-0.3, -0.25) is 4.79 Å². The van der Waals surface area contributed by atoms with Crippen molar-refractivity contribution in [3.05, 3.63) is 0 Å². The second kappa shape index (κ2) is 5.22. The Labute approximate surface area is 66.1 Å². The van der Waals surface area contributed by atoms with Gasteiger partial charge in [0.15, 0.2) is 5.12 Å². The summed E-state index contributed by atoms with van der Waals surface area (Å²) >= 11 is 4.00. The third-order valence-electron chi connectivity index (χ3n) is 0.524. The molecule has 0 rings (SSSR count). The van der Waals surface area contributed by atoms with Crippen LogP contribution in [0.5, 0.6) is 0 Å². The molecule has 54 valence electrons.